The number of aromatic amines is 1. The molecule has 4 rings (SSSR count). The summed E-state index contributed by atoms with van der Waals surface area (Å²) in [5.74, 6) is 0.368. The van der Waals surface area contributed by atoms with E-state index in [9.17, 15) is 9.59 Å². The van der Waals surface area contributed by atoms with Gasteiger partial charge >= 0.3 is 0 Å². The van der Waals surface area contributed by atoms with Gasteiger partial charge in [0.2, 0.25) is 5.91 Å². The van der Waals surface area contributed by atoms with Crippen LogP contribution >= 0.6 is 0 Å². The van der Waals surface area contributed by atoms with Crippen LogP contribution in [0.2, 0.25) is 0 Å². The highest BCUT2D eigenvalue weighted by molar-refractivity contribution is 5.92. The van der Waals surface area contributed by atoms with Crippen molar-refractivity contribution in [3.63, 3.8) is 0 Å². The van der Waals surface area contributed by atoms with E-state index in [0.717, 1.165) is 58.5 Å². The van der Waals surface area contributed by atoms with Crippen molar-refractivity contribution in [1.29, 1.82) is 0 Å². The van der Waals surface area contributed by atoms with Crippen LogP contribution in [0.3, 0.4) is 0 Å². The SMILES string of the molecule is O=C(CN1CCC2(CCN(C(=O)c3ccc[nH]3)C2)C1)N1CCC1. The van der Waals surface area contributed by atoms with Crippen LogP contribution in [-0.4, -0.2) is 77.3 Å². The molecule has 6 heteroatoms. The average molecular weight is 316 g/mol. The zero-order chi connectivity index (χ0) is 15.9. The fourth-order valence-corrected chi connectivity index (χ4v) is 4.09. The number of nitrogens with one attached hydrogen (secondary N) is 1. The summed E-state index contributed by atoms with van der Waals surface area (Å²) in [7, 11) is 0. The molecule has 6 nitrogen and oxygen atoms in total. The molecular formula is C17H24N4O2. The Morgan fingerprint density at radius 3 is 2.61 bits per heavy atom. The fourth-order valence-electron chi connectivity index (χ4n) is 4.09. The van der Waals surface area contributed by atoms with E-state index in [2.05, 4.69) is 9.88 Å². The predicted molar refractivity (Wildman–Crippen MR) is 86.0 cm³/mol. The van der Waals surface area contributed by atoms with Crippen LogP contribution in [0.5, 0.6) is 0 Å². The van der Waals surface area contributed by atoms with Gasteiger partial charge in [-0.05, 0) is 37.9 Å². The van der Waals surface area contributed by atoms with Crippen LogP contribution in [0.1, 0.15) is 29.8 Å². The zero-order valence-electron chi connectivity index (χ0n) is 13.5. The predicted octanol–water partition coefficient (Wildman–Crippen LogP) is 0.785. The molecule has 0 aromatic carbocycles. The standard InChI is InChI=1S/C17H24N4O2/c22-15(20-7-2-8-20)11-19-9-4-17(12-19)5-10-21(13-17)16(23)14-3-1-6-18-14/h1,3,6,18H,2,4-5,7-13H2. The molecule has 3 aliphatic heterocycles. The van der Waals surface area contributed by atoms with Crippen molar-refractivity contribution in [2.24, 2.45) is 5.41 Å². The van der Waals surface area contributed by atoms with Crippen LogP contribution in [0.25, 0.3) is 0 Å². The summed E-state index contributed by atoms with van der Waals surface area (Å²) in [4.78, 5) is 33.8. The van der Waals surface area contributed by atoms with Crippen LogP contribution in [0.15, 0.2) is 18.3 Å². The normalized spacial score (nSPS) is 27.7. The molecular weight excluding hydrogens is 292 g/mol. The van der Waals surface area contributed by atoms with E-state index in [4.69, 9.17) is 0 Å². The van der Waals surface area contributed by atoms with Crippen molar-refractivity contribution >= 4 is 11.8 Å². The van der Waals surface area contributed by atoms with Gasteiger partial charge in [-0.2, -0.15) is 0 Å². The van der Waals surface area contributed by atoms with E-state index < -0.39 is 0 Å². The number of likely N-dealkylation sites (tertiary alicyclic amines) is 3. The summed E-state index contributed by atoms with van der Waals surface area (Å²) in [5.41, 5.74) is 0.863. The number of carbonyl (C=O) groups excluding carboxylic acids is 2. The molecule has 2 amide bonds. The Morgan fingerprint density at radius 2 is 1.91 bits per heavy atom. The lowest BCUT2D eigenvalue weighted by Gasteiger charge is -2.32. The molecule has 4 heterocycles. The number of hydrogen-bond acceptors (Lipinski definition) is 3. The molecule has 3 saturated heterocycles. The summed E-state index contributed by atoms with van der Waals surface area (Å²) in [5, 5.41) is 0. The molecule has 1 spiro atoms. The van der Waals surface area contributed by atoms with Gasteiger partial charge in [0.25, 0.3) is 5.91 Å². The maximum Gasteiger partial charge on any atom is 0.270 e. The lowest BCUT2D eigenvalue weighted by Crippen LogP contribution is -2.47. The van der Waals surface area contributed by atoms with Gasteiger partial charge in [0, 0.05) is 44.3 Å². The van der Waals surface area contributed by atoms with Crippen molar-refractivity contribution in [3.05, 3.63) is 24.0 Å². The molecule has 1 unspecified atom stereocenters. The van der Waals surface area contributed by atoms with Crippen LogP contribution in [0.4, 0.5) is 0 Å². The second-order valence-electron chi connectivity index (χ2n) is 7.26. The summed E-state index contributed by atoms with van der Waals surface area (Å²) < 4.78 is 0. The number of rotatable bonds is 3. The molecule has 1 N–H and O–H groups in total. The maximum atomic E-state index is 12.5. The highest BCUT2D eigenvalue weighted by Crippen LogP contribution is 2.39. The maximum absolute atomic E-state index is 12.5. The van der Waals surface area contributed by atoms with E-state index in [1.165, 1.54) is 0 Å². The van der Waals surface area contributed by atoms with Gasteiger partial charge in [0.05, 0.1) is 6.54 Å². The van der Waals surface area contributed by atoms with Gasteiger partial charge in [-0.25, -0.2) is 0 Å². The molecule has 1 atom stereocenters. The molecule has 23 heavy (non-hydrogen) atoms. The Balaban J connectivity index is 1.34. The Hall–Kier alpha value is -1.82. The summed E-state index contributed by atoms with van der Waals surface area (Å²) in [6.45, 7) is 5.97. The summed E-state index contributed by atoms with van der Waals surface area (Å²) in [6, 6.07) is 3.69. The Morgan fingerprint density at radius 1 is 1.09 bits per heavy atom. The molecule has 0 saturated carbocycles. The third kappa shape index (κ3) is 2.76. The van der Waals surface area contributed by atoms with Crippen molar-refractivity contribution in [1.82, 2.24) is 19.7 Å². The monoisotopic (exact) mass is 316 g/mol. The van der Waals surface area contributed by atoms with Crippen LogP contribution in [0, 0.1) is 5.41 Å². The van der Waals surface area contributed by atoms with E-state index in [1.807, 2.05) is 21.9 Å². The number of amides is 2. The third-order valence-electron chi connectivity index (χ3n) is 5.64. The minimum Gasteiger partial charge on any atom is -0.357 e. The van der Waals surface area contributed by atoms with Gasteiger partial charge in [-0.1, -0.05) is 0 Å². The lowest BCUT2D eigenvalue weighted by atomic mass is 9.86. The Bertz CT molecular complexity index is 596. The lowest BCUT2D eigenvalue weighted by molar-refractivity contribution is -0.135. The highest BCUT2D eigenvalue weighted by Gasteiger charge is 2.45. The van der Waals surface area contributed by atoms with Crippen molar-refractivity contribution in [2.45, 2.75) is 19.3 Å². The number of nitrogens with zero attached hydrogens (tertiary/aromatic N) is 3. The van der Waals surface area contributed by atoms with Gasteiger partial charge < -0.3 is 14.8 Å². The summed E-state index contributed by atoms with van der Waals surface area (Å²) in [6.07, 6.45) is 5.08. The van der Waals surface area contributed by atoms with Crippen LogP contribution in [-0.2, 0) is 4.79 Å². The van der Waals surface area contributed by atoms with E-state index in [1.54, 1.807) is 6.20 Å². The molecule has 124 valence electrons. The van der Waals surface area contributed by atoms with Crippen molar-refractivity contribution < 1.29 is 9.59 Å². The molecule has 1 aromatic rings. The first-order valence-electron chi connectivity index (χ1n) is 8.58. The van der Waals surface area contributed by atoms with E-state index in [-0.39, 0.29) is 17.2 Å². The second-order valence-corrected chi connectivity index (χ2v) is 7.26. The van der Waals surface area contributed by atoms with Gasteiger partial charge in [-0.3, -0.25) is 14.5 Å². The number of H-pyrrole nitrogens is 1. The Labute approximate surface area is 136 Å². The smallest absolute Gasteiger partial charge is 0.270 e. The first-order chi connectivity index (χ1) is 11.2. The van der Waals surface area contributed by atoms with Crippen molar-refractivity contribution in [3.8, 4) is 0 Å². The fraction of sp³-hybridized carbons (Fsp3) is 0.647. The number of carbonyl (C=O) groups is 2. The number of hydrogen-bond donors (Lipinski definition) is 1. The molecule has 0 aliphatic carbocycles. The first-order valence-corrected chi connectivity index (χ1v) is 8.58. The summed E-state index contributed by atoms with van der Waals surface area (Å²) >= 11 is 0. The molecule has 3 aliphatic rings. The topological polar surface area (TPSA) is 59.7 Å². The van der Waals surface area contributed by atoms with Crippen LogP contribution < -0.4 is 0 Å². The van der Waals surface area contributed by atoms with Gasteiger partial charge in [0.1, 0.15) is 5.69 Å². The largest absolute Gasteiger partial charge is 0.357 e. The van der Waals surface area contributed by atoms with Gasteiger partial charge in [-0.15, -0.1) is 0 Å². The highest BCUT2D eigenvalue weighted by atomic mass is 16.2. The minimum absolute atomic E-state index is 0.0991. The van der Waals surface area contributed by atoms with Gasteiger partial charge in [0.15, 0.2) is 0 Å². The minimum atomic E-state index is 0.0991. The zero-order valence-corrected chi connectivity index (χ0v) is 13.5. The molecule has 0 bridgehead atoms. The first kappa shape index (κ1) is 14.8. The average Bonchev–Trinajstić information content (AvgIpc) is 3.19. The quantitative estimate of drug-likeness (QED) is 0.897. The Kier molecular flexibility index (Phi) is 3.64. The molecule has 1 aromatic heterocycles. The van der Waals surface area contributed by atoms with Crippen molar-refractivity contribution in [2.75, 3.05) is 45.8 Å². The van der Waals surface area contributed by atoms with E-state index in [0.29, 0.717) is 12.2 Å². The van der Waals surface area contributed by atoms with E-state index >= 15 is 0 Å². The number of aromatic nitrogens is 1. The molecule has 0 radical (unpaired) electrons. The third-order valence-corrected chi connectivity index (χ3v) is 5.64. The second kappa shape index (κ2) is 5.67. The molecule has 3 fully saturated rings.